The fraction of sp³-hybridized carbons (Fsp3) is 0.323. The molecule has 1 atom stereocenters. The Hall–Kier alpha value is -3.57. The molecular weight excluding hydrogens is 450 g/mol. The van der Waals surface area contributed by atoms with E-state index in [1.54, 1.807) is 14.0 Å². The summed E-state index contributed by atoms with van der Waals surface area (Å²) >= 11 is 0. The molecule has 1 aliphatic carbocycles. The maximum Gasteiger partial charge on any atom is 0.513 e. The Bertz CT molecular complexity index is 1300. The first-order valence-electron chi connectivity index (χ1n) is 12.5. The number of hydrogen-bond acceptors (Lipinski definition) is 5. The molecule has 188 valence electrons. The van der Waals surface area contributed by atoms with Gasteiger partial charge in [-0.05, 0) is 104 Å². The maximum atomic E-state index is 12.1. The molecule has 4 rings (SSSR count). The summed E-state index contributed by atoms with van der Waals surface area (Å²) in [6.45, 7) is 5.25. The van der Waals surface area contributed by atoms with Crippen LogP contribution in [0.5, 0.6) is 11.5 Å². The molecular formula is C31H35NO4. The van der Waals surface area contributed by atoms with E-state index in [-0.39, 0.29) is 6.61 Å². The van der Waals surface area contributed by atoms with E-state index in [0.717, 1.165) is 41.5 Å². The molecule has 36 heavy (non-hydrogen) atoms. The van der Waals surface area contributed by atoms with Crippen LogP contribution >= 0.6 is 0 Å². The highest BCUT2D eigenvalue weighted by atomic mass is 16.7. The van der Waals surface area contributed by atoms with Crippen molar-refractivity contribution in [1.29, 1.82) is 0 Å². The third kappa shape index (κ3) is 5.80. The largest absolute Gasteiger partial charge is 0.513 e. The Morgan fingerprint density at radius 3 is 2.64 bits per heavy atom. The van der Waals surface area contributed by atoms with Gasteiger partial charge in [0.05, 0.1) is 13.7 Å². The number of fused-ring (bicyclic) bond motifs is 1. The summed E-state index contributed by atoms with van der Waals surface area (Å²) in [6, 6.07) is 20.3. The van der Waals surface area contributed by atoms with Gasteiger partial charge in [0, 0.05) is 11.9 Å². The predicted molar refractivity (Wildman–Crippen MR) is 146 cm³/mol. The molecule has 0 radical (unpaired) electrons. The van der Waals surface area contributed by atoms with E-state index < -0.39 is 6.16 Å². The van der Waals surface area contributed by atoms with E-state index in [9.17, 15) is 4.79 Å². The molecule has 5 heteroatoms. The van der Waals surface area contributed by atoms with E-state index in [0.29, 0.717) is 11.7 Å². The average Bonchev–Trinajstić information content (AvgIpc) is 2.86. The molecule has 1 aliphatic rings. The quantitative estimate of drug-likeness (QED) is 0.261. The van der Waals surface area contributed by atoms with Gasteiger partial charge in [0.25, 0.3) is 0 Å². The van der Waals surface area contributed by atoms with Gasteiger partial charge in [-0.25, -0.2) is 4.79 Å². The molecule has 0 saturated heterocycles. The lowest BCUT2D eigenvalue weighted by molar-refractivity contribution is 0.105. The van der Waals surface area contributed by atoms with Gasteiger partial charge in [-0.2, -0.15) is 0 Å². The lowest BCUT2D eigenvalue weighted by Crippen LogP contribution is -2.25. The number of rotatable bonds is 7. The SMILES string of the molecule is CCOC(=O)Oc1cc(/C=C2\CCC(CN(C)C)C(c3cccc(OC)c3)=C2C)cc2ccccc12. The molecule has 0 aliphatic heterocycles. The normalized spacial score (nSPS) is 17.1. The monoisotopic (exact) mass is 485 g/mol. The molecule has 3 aromatic carbocycles. The van der Waals surface area contributed by atoms with Crippen molar-refractivity contribution in [3.63, 3.8) is 0 Å². The zero-order valence-corrected chi connectivity index (χ0v) is 21.8. The van der Waals surface area contributed by atoms with Crippen molar-refractivity contribution in [3.8, 4) is 11.5 Å². The second-order valence-corrected chi connectivity index (χ2v) is 9.46. The molecule has 1 unspecified atom stereocenters. The van der Waals surface area contributed by atoms with Crippen LogP contribution in [0.2, 0.25) is 0 Å². The molecule has 3 aromatic rings. The minimum absolute atomic E-state index is 0.270. The summed E-state index contributed by atoms with van der Waals surface area (Å²) < 4.78 is 16.1. The summed E-state index contributed by atoms with van der Waals surface area (Å²) in [7, 11) is 5.97. The van der Waals surface area contributed by atoms with Crippen LogP contribution in [0, 0.1) is 5.92 Å². The van der Waals surface area contributed by atoms with Crippen molar-refractivity contribution < 1.29 is 19.0 Å². The molecule has 0 saturated carbocycles. The highest BCUT2D eigenvalue weighted by Crippen LogP contribution is 2.42. The molecule has 0 bridgehead atoms. The van der Waals surface area contributed by atoms with Gasteiger partial charge in [-0.15, -0.1) is 0 Å². The first-order chi connectivity index (χ1) is 17.4. The molecule has 0 aromatic heterocycles. The van der Waals surface area contributed by atoms with Gasteiger partial charge in [0.2, 0.25) is 0 Å². The Balaban J connectivity index is 1.80. The van der Waals surface area contributed by atoms with Crippen molar-refractivity contribution in [2.24, 2.45) is 5.92 Å². The second kappa shape index (κ2) is 11.4. The number of hydrogen-bond donors (Lipinski definition) is 0. The third-order valence-electron chi connectivity index (χ3n) is 6.66. The lowest BCUT2D eigenvalue weighted by atomic mass is 9.76. The Kier molecular flexibility index (Phi) is 8.11. The van der Waals surface area contributed by atoms with Gasteiger partial charge >= 0.3 is 6.16 Å². The summed E-state index contributed by atoms with van der Waals surface area (Å²) in [6.07, 6.45) is 3.59. The van der Waals surface area contributed by atoms with E-state index in [4.69, 9.17) is 14.2 Å². The van der Waals surface area contributed by atoms with E-state index in [1.807, 2.05) is 36.4 Å². The number of methoxy groups -OCH3 is 1. The summed E-state index contributed by atoms with van der Waals surface area (Å²) in [5.41, 5.74) is 6.15. The summed E-state index contributed by atoms with van der Waals surface area (Å²) in [5, 5.41) is 1.90. The Morgan fingerprint density at radius 2 is 1.89 bits per heavy atom. The molecule has 0 heterocycles. The van der Waals surface area contributed by atoms with Crippen LogP contribution in [0.3, 0.4) is 0 Å². The van der Waals surface area contributed by atoms with Crippen LogP contribution in [-0.4, -0.2) is 45.4 Å². The smallest absolute Gasteiger partial charge is 0.497 e. The summed E-state index contributed by atoms with van der Waals surface area (Å²) in [4.78, 5) is 14.4. The number of ether oxygens (including phenoxy) is 3. The van der Waals surface area contributed by atoms with Gasteiger partial charge < -0.3 is 19.1 Å². The molecule has 0 spiro atoms. The van der Waals surface area contributed by atoms with Crippen LogP contribution in [0.15, 0.2) is 71.8 Å². The zero-order chi connectivity index (χ0) is 25.7. The third-order valence-corrected chi connectivity index (χ3v) is 6.66. The van der Waals surface area contributed by atoms with Crippen LogP contribution < -0.4 is 9.47 Å². The Labute approximate surface area is 214 Å². The van der Waals surface area contributed by atoms with Crippen LogP contribution in [0.25, 0.3) is 22.4 Å². The molecule has 0 amide bonds. The van der Waals surface area contributed by atoms with Gasteiger partial charge in [-0.1, -0.05) is 42.5 Å². The van der Waals surface area contributed by atoms with Crippen LogP contribution in [0.1, 0.15) is 37.8 Å². The predicted octanol–water partition coefficient (Wildman–Crippen LogP) is 7.21. The topological polar surface area (TPSA) is 48.0 Å². The minimum atomic E-state index is -0.687. The van der Waals surface area contributed by atoms with Crippen molar-refractivity contribution >= 4 is 28.6 Å². The van der Waals surface area contributed by atoms with E-state index >= 15 is 0 Å². The van der Waals surface area contributed by atoms with Crippen molar-refractivity contribution in [1.82, 2.24) is 4.90 Å². The number of carbonyl (C=O) groups excluding carboxylic acids is 1. The first kappa shape index (κ1) is 25.5. The number of benzene rings is 3. The van der Waals surface area contributed by atoms with Gasteiger partial charge in [0.15, 0.2) is 0 Å². The molecule has 5 nitrogen and oxygen atoms in total. The molecule has 0 fully saturated rings. The zero-order valence-electron chi connectivity index (χ0n) is 21.8. The number of carbonyl (C=O) groups is 1. The highest BCUT2D eigenvalue weighted by Gasteiger charge is 2.26. The highest BCUT2D eigenvalue weighted by molar-refractivity contribution is 5.92. The second-order valence-electron chi connectivity index (χ2n) is 9.46. The van der Waals surface area contributed by atoms with Gasteiger partial charge in [0.1, 0.15) is 11.5 Å². The number of allylic oxidation sites excluding steroid dienone is 2. The van der Waals surface area contributed by atoms with E-state index in [1.165, 1.54) is 22.3 Å². The lowest BCUT2D eigenvalue weighted by Gasteiger charge is -2.32. The van der Waals surface area contributed by atoms with E-state index in [2.05, 4.69) is 56.3 Å². The minimum Gasteiger partial charge on any atom is -0.497 e. The standard InChI is InChI=1S/C31H35NO4/c1-6-35-31(33)36-29-18-22(17-24-10-7-8-13-28(24)29)16-23-14-15-26(20-32(3)4)30(21(23)2)25-11-9-12-27(19-25)34-5/h7-13,16-19,26H,6,14-15,20H2,1-5H3/b23-16+. The van der Waals surface area contributed by atoms with Gasteiger partial charge in [-0.3, -0.25) is 0 Å². The average molecular weight is 486 g/mol. The Morgan fingerprint density at radius 1 is 1.08 bits per heavy atom. The van der Waals surface area contributed by atoms with Crippen LogP contribution in [-0.2, 0) is 4.74 Å². The summed E-state index contributed by atoms with van der Waals surface area (Å²) in [5.74, 6) is 1.81. The van der Waals surface area contributed by atoms with Crippen molar-refractivity contribution in [2.75, 3.05) is 34.4 Å². The van der Waals surface area contributed by atoms with Crippen molar-refractivity contribution in [2.45, 2.75) is 26.7 Å². The fourth-order valence-corrected chi connectivity index (χ4v) is 5.09. The van der Waals surface area contributed by atoms with Crippen LogP contribution in [0.4, 0.5) is 4.79 Å². The number of nitrogens with zero attached hydrogens (tertiary/aromatic N) is 1. The fourth-order valence-electron chi connectivity index (χ4n) is 5.09. The first-order valence-corrected chi connectivity index (χ1v) is 12.5. The molecule has 0 N–H and O–H groups in total. The van der Waals surface area contributed by atoms with Crippen molar-refractivity contribution in [3.05, 3.63) is 82.9 Å². The maximum absolute atomic E-state index is 12.1.